The molecule has 1 aromatic rings. The summed E-state index contributed by atoms with van der Waals surface area (Å²) in [4.78, 5) is 0.153. The van der Waals surface area contributed by atoms with E-state index in [1.165, 1.54) is 10.4 Å². The van der Waals surface area contributed by atoms with Crippen molar-refractivity contribution >= 4 is 33.2 Å². The van der Waals surface area contributed by atoms with Gasteiger partial charge in [0.05, 0.1) is 5.02 Å². The van der Waals surface area contributed by atoms with Gasteiger partial charge >= 0.3 is 0 Å². The SMILES string of the molecule is CNCc1c(Cl)ccc(S(=O)(=O)N2CCCCCC2)c1Cl. The molecule has 118 valence electrons. The minimum absolute atomic E-state index is 0.153. The fourth-order valence-electron chi connectivity index (χ4n) is 2.54. The van der Waals surface area contributed by atoms with E-state index in [1.54, 1.807) is 13.1 Å². The average molecular weight is 351 g/mol. The van der Waals surface area contributed by atoms with E-state index in [9.17, 15) is 8.42 Å². The molecule has 1 heterocycles. The highest BCUT2D eigenvalue weighted by molar-refractivity contribution is 7.89. The van der Waals surface area contributed by atoms with E-state index in [0.717, 1.165) is 25.7 Å². The molecule has 1 aromatic carbocycles. The molecule has 4 nitrogen and oxygen atoms in total. The van der Waals surface area contributed by atoms with Crippen LogP contribution in [0.4, 0.5) is 0 Å². The van der Waals surface area contributed by atoms with Crippen molar-refractivity contribution in [1.82, 2.24) is 9.62 Å². The van der Waals surface area contributed by atoms with Crippen molar-refractivity contribution in [3.63, 3.8) is 0 Å². The maximum Gasteiger partial charge on any atom is 0.244 e. The van der Waals surface area contributed by atoms with Gasteiger partial charge in [-0.25, -0.2) is 8.42 Å². The van der Waals surface area contributed by atoms with Gasteiger partial charge in [-0.1, -0.05) is 36.0 Å². The standard InChI is InChI=1S/C14H20Cl2N2O2S/c1-17-10-11-12(15)6-7-13(14(11)16)21(19,20)18-8-4-2-3-5-9-18/h6-7,17H,2-5,8-10H2,1H3. The molecule has 0 spiro atoms. The van der Waals surface area contributed by atoms with E-state index in [0.29, 0.717) is 30.2 Å². The Morgan fingerprint density at radius 1 is 1.14 bits per heavy atom. The second kappa shape index (κ2) is 7.29. The summed E-state index contributed by atoms with van der Waals surface area (Å²) in [5, 5.41) is 3.66. The predicted molar refractivity (Wildman–Crippen MR) is 86.5 cm³/mol. The number of nitrogens with zero attached hydrogens (tertiary/aromatic N) is 1. The molecule has 1 fully saturated rings. The number of hydrogen-bond donors (Lipinski definition) is 1. The normalized spacial score (nSPS) is 17.7. The van der Waals surface area contributed by atoms with Crippen molar-refractivity contribution in [1.29, 1.82) is 0 Å². The average Bonchev–Trinajstić information content (AvgIpc) is 2.72. The van der Waals surface area contributed by atoms with Gasteiger partial charge in [0.25, 0.3) is 0 Å². The van der Waals surface area contributed by atoms with Gasteiger partial charge in [0.15, 0.2) is 0 Å². The minimum Gasteiger partial charge on any atom is -0.316 e. The smallest absolute Gasteiger partial charge is 0.244 e. The summed E-state index contributed by atoms with van der Waals surface area (Å²) >= 11 is 12.4. The molecule has 0 amide bonds. The maximum atomic E-state index is 12.8. The van der Waals surface area contributed by atoms with Gasteiger partial charge in [0, 0.05) is 30.2 Å². The minimum atomic E-state index is -3.56. The van der Waals surface area contributed by atoms with Crippen LogP contribution < -0.4 is 5.32 Å². The van der Waals surface area contributed by atoms with Crippen LogP contribution in [0.2, 0.25) is 10.0 Å². The second-order valence-electron chi connectivity index (χ2n) is 5.19. The summed E-state index contributed by atoms with van der Waals surface area (Å²) in [6.07, 6.45) is 3.94. The van der Waals surface area contributed by atoms with Crippen LogP contribution in [0.5, 0.6) is 0 Å². The first-order chi connectivity index (χ1) is 9.98. The zero-order valence-corrected chi connectivity index (χ0v) is 14.4. The predicted octanol–water partition coefficient (Wildman–Crippen LogP) is 3.28. The zero-order chi connectivity index (χ0) is 15.5. The Balaban J connectivity index is 2.42. The Labute approximate surface area is 136 Å². The van der Waals surface area contributed by atoms with Crippen LogP contribution in [0.15, 0.2) is 17.0 Å². The number of hydrogen-bond acceptors (Lipinski definition) is 3. The van der Waals surface area contributed by atoms with Gasteiger partial charge in [-0.3, -0.25) is 0 Å². The highest BCUT2D eigenvalue weighted by atomic mass is 35.5. The van der Waals surface area contributed by atoms with Crippen LogP contribution >= 0.6 is 23.2 Å². The summed E-state index contributed by atoms with van der Waals surface area (Å²) in [6, 6.07) is 3.11. The number of sulfonamides is 1. The third kappa shape index (κ3) is 3.71. The molecule has 1 aliphatic rings. The topological polar surface area (TPSA) is 49.4 Å². The highest BCUT2D eigenvalue weighted by Gasteiger charge is 2.28. The fraction of sp³-hybridized carbons (Fsp3) is 0.571. The van der Waals surface area contributed by atoms with Crippen molar-refractivity contribution < 1.29 is 8.42 Å². The lowest BCUT2D eigenvalue weighted by atomic mass is 10.2. The second-order valence-corrected chi connectivity index (χ2v) is 7.88. The van der Waals surface area contributed by atoms with Crippen LogP contribution in [0.25, 0.3) is 0 Å². The molecule has 0 radical (unpaired) electrons. The molecule has 0 bridgehead atoms. The lowest BCUT2D eigenvalue weighted by Gasteiger charge is -2.21. The molecule has 1 aliphatic heterocycles. The van der Waals surface area contributed by atoms with E-state index in [1.807, 2.05) is 0 Å². The third-order valence-corrected chi connectivity index (χ3v) is 6.53. The summed E-state index contributed by atoms with van der Waals surface area (Å²) in [5.74, 6) is 0. The first-order valence-electron chi connectivity index (χ1n) is 7.10. The van der Waals surface area contributed by atoms with E-state index in [4.69, 9.17) is 23.2 Å². The first-order valence-corrected chi connectivity index (χ1v) is 9.29. The van der Waals surface area contributed by atoms with Crippen molar-refractivity contribution in [2.45, 2.75) is 37.1 Å². The van der Waals surface area contributed by atoms with Gasteiger partial charge < -0.3 is 5.32 Å². The molecule has 0 saturated carbocycles. The number of benzene rings is 1. The first kappa shape index (κ1) is 17.0. The van der Waals surface area contributed by atoms with Gasteiger partial charge in [0.2, 0.25) is 10.0 Å². The monoisotopic (exact) mass is 350 g/mol. The van der Waals surface area contributed by atoms with Gasteiger partial charge in [-0.2, -0.15) is 4.31 Å². The molecule has 1 N–H and O–H groups in total. The van der Waals surface area contributed by atoms with Gasteiger partial charge in [-0.15, -0.1) is 0 Å². The Morgan fingerprint density at radius 2 is 1.76 bits per heavy atom. The molecule has 0 aliphatic carbocycles. The summed E-state index contributed by atoms with van der Waals surface area (Å²) in [7, 11) is -1.79. The number of halogens is 2. The molecule has 0 aromatic heterocycles. The third-order valence-electron chi connectivity index (χ3n) is 3.69. The van der Waals surface area contributed by atoms with E-state index in [2.05, 4.69) is 5.32 Å². The molecule has 1 saturated heterocycles. The van der Waals surface area contributed by atoms with Crippen LogP contribution in [0.3, 0.4) is 0 Å². The number of rotatable bonds is 4. The molecule has 21 heavy (non-hydrogen) atoms. The molecule has 7 heteroatoms. The van der Waals surface area contributed by atoms with Crippen LogP contribution in [-0.2, 0) is 16.6 Å². The van der Waals surface area contributed by atoms with Gasteiger partial charge in [-0.05, 0) is 32.0 Å². The Bertz CT molecular complexity index is 597. The van der Waals surface area contributed by atoms with Crippen molar-refractivity contribution in [2.75, 3.05) is 20.1 Å². The van der Waals surface area contributed by atoms with Crippen LogP contribution in [0, 0.1) is 0 Å². The highest BCUT2D eigenvalue weighted by Crippen LogP contribution is 2.33. The molecule has 2 rings (SSSR count). The summed E-state index contributed by atoms with van der Waals surface area (Å²) in [6.45, 7) is 1.55. The molecular weight excluding hydrogens is 331 g/mol. The lowest BCUT2D eigenvalue weighted by molar-refractivity contribution is 0.423. The van der Waals surface area contributed by atoms with Crippen LogP contribution in [0.1, 0.15) is 31.2 Å². The van der Waals surface area contributed by atoms with Crippen LogP contribution in [-0.4, -0.2) is 32.9 Å². The maximum absolute atomic E-state index is 12.8. The molecule has 0 unspecified atom stereocenters. The Morgan fingerprint density at radius 3 is 2.33 bits per heavy atom. The largest absolute Gasteiger partial charge is 0.316 e. The van der Waals surface area contributed by atoms with Crippen molar-refractivity contribution in [3.05, 3.63) is 27.7 Å². The van der Waals surface area contributed by atoms with Crippen molar-refractivity contribution in [3.8, 4) is 0 Å². The van der Waals surface area contributed by atoms with Gasteiger partial charge in [0.1, 0.15) is 4.90 Å². The number of nitrogens with one attached hydrogen (secondary N) is 1. The molecular formula is C14H20Cl2N2O2S. The summed E-state index contributed by atoms with van der Waals surface area (Å²) in [5.41, 5.74) is 0.622. The van der Waals surface area contributed by atoms with Crippen molar-refractivity contribution in [2.24, 2.45) is 0 Å². The van der Waals surface area contributed by atoms with E-state index < -0.39 is 10.0 Å². The fourth-order valence-corrected chi connectivity index (χ4v) is 4.94. The lowest BCUT2D eigenvalue weighted by Crippen LogP contribution is -2.32. The Kier molecular flexibility index (Phi) is 5.91. The quantitative estimate of drug-likeness (QED) is 0.906. The Hall–Kier alpha value is -0.330. The van der Waals surface area contributed by atoms with E-state index in [-0.39, 0.29) is 9.92 Å². The molecule has 0 atom stereocenters. The zero-order valence-electron chi connectivity index (χ0n) is 12.0. The summed E-state index contributed by atoms with van der Waals surface area (Å²) < 4.78 is 27.2. The van der Waals surface area contributed by atoms with E-state index >= 15 is 0 Å².